The van der Waals surface area contributed by atoms with Gasteiger partial charge in [-0.05, 0) is 67.1 Å². The van der Waals surface area contributed by atoms with Gasteiger partial charge in [0, 0.05) is 32.0 Å². The van der Waals surface area contributed by atoms with Crippen LogP contribution in [0.25, 0.3) is 5.52 Å². The van der Waals surface area contributed by atoms with Gasteiger partial charge >= 0.3 is 0 Å². The van der Waals surface area contributed by atoms with Crippen LogP contribution in [0.4, 0.5) is 5.69 Å². The second-order valence-corrected chi connectivity index (χ2v) is 8.26. The van der Waals surface area contributed by atoms with E-state index in [-0.39, 0.29) is 11.9 Å². The molecule has 4 heterocycles. The first-order valence-corrected chi connectivity index (χ1v) is 10.2. The summed E-state index contributed by atoms with van der Waals surface area (Å²) in [6.45, 7) is 3.97. The van der Waals surface area contributed by atoms with E-state index in [4.69, 9.17) is 11.6 Å². The molecule has 5 nitrogen and oxygen atoms in total. The maximum Gasteiger partial charge on any atom is 0.274 e. The quantitative estimate of drug-likeness (QED) is 0.623. The predicted octanol–water partition coefficient (Wildman–Crippen LogP) is 4.13. The van der Waals surface area contributed by atoms with Crippen molar-refractivity contribution in [1.29, 1.82) is 0 Å². The molecule has 0 saturated carbocycles. The predicted molar refractivity (Wildman–Crippen MR) is 111 cm³/mol. The molecule has 0 bridgehead atoms. The van der Waals surface area contributed by atoms with Gasteiger partial charge in [0.25, 0.3) is 5.91 Å². The molecule has 0 aliphatic carbocycles. The van der Waals surface area contributed by atoms with Gasteiger partial charge in [-0.1, -0.05) is 17.7 Å². The van der Waals surface area contributed by atoms with Crippen molar-refractivity contribution < 1.29 is 4.79 Å². The Balaban J connectivity index is 1.48. The highest BCUT2D eigenvalue weighted by atomic mass is 35.5. The smallest absolute Gasteiger partial charge is 0.274 e. The monoisotopic (exact) mass is 394 g/mol. The van der Waals surface area contributed by atoms with Crippen LogP contribution in [0, 0.1) is 0 Å². The Labute approximate surface area is 169 Å². The summed E-state index contributed by atoms with van der Waals surface area (Å²) in [6.07, 6.45) is 4.96. The van der Waals surface area contributed by atoms with E-state index in [2.05, 4.69) is 36.1 Å². The van der Waals surface area contributed by atoms with Gasteiger partial charge in [-0.25, -0.2) is 4.52 Å². The number of pyridine rings is 1. The SMILES string of the molecule is CC1c2ccc3c(c2CCN1C(=O)c1cc2ccc(Cl)cn2n1)CCCN3C. The molecule has 2 aliphatic rings. The van der Waals surface area contributed by atoms with Crippen LogP contribution in [0.1, 0.15) is 46.6 Å². The fourth-order valence-electron chi connectivity index (χ4n) is 4.72. The fourth-order valence-corrected chi connectivity index (χ4v) is 4.88. The zero-order chi connectivity index (χ0) is 19.4. The number of rotatable bonds is 1. The van der Waals surface area contributed by atoms with Gasteiger partial charge in [0.05, 0.1) is 16.6 Å². The molecule has 1 amide bonds. The summed E-state index contributed by atoms with van der Waals surface area (Å²) < 4.78 is 1.67. The Bertz CT molecular complexity index is 1090. The van der Waals surface area contributed by atoms with Crippen LogP contribution in [-0.2, 0) is 12.8 Å². The van der Waals surface area contributed by atoms with Gasteiger partial charge in [0.2, 0.25) is 0 Å². The highest BCUT2D eigenvalue weighted by Gasteiger charge is 2.32. The van der Waals surface area contributed by atoms with Gasteiger partial charge < -0.3 is 9.80 Å². The molecule has 6 heteroatoms. The van der Waals surface area contributed by atoms with Gasteiger partial charge in [-0.2, -0.15) is 5.10 Å². The Morgan fingerprint density at radius 3 is 2.86 bits per heavy atom. The van der Waals surface area contributed by atoms with Crippen LogP contribution >= 0.6 is 11.6 Å². The molecule has 1 atom stereocenters. The third kappa shape index (κ3) is 2.68. The van der Waals surface area contributed by atoms with Gasteiger partial charge in [0.15, 0.2) is 5.69 Å². The first-order valence-electron chi connectivity index (χ1n) is 9.84. The first-order chi connectivity index (χ1) is 13.5. The number of fused-ring (bicyclic) bond motifs is 4. The lowest BCUT2D eigenvalue weighted by atomic mass is 9.85. The van der Waals surface area contributed by atoms with Crippen LogP contribution in [0.3, 0.4) is 0 Å². The number of carbonyl (C=O) groups excluding carboxylic acids is 1. The van der Waals surface area contributed by atoms with Gasteiger partial charge in [-0.3, -0.25) is 4.79 Å². The van der Waals surface area contributed by atoms with Crippen LogP contribution in [0.2, 0.25) is 5.02 Å². The summed E-state index contributed by atoms with van der Waals surface area (Å²) >= 11 is 6.04. The molecular formula is C22H23ClN4O. The van der Waals surface area contributed by atoms with E-state index in [1.807, 2.05) is 23.1 Å². The first kappa shape index (κ1) is 17.6. The molecule has 5 rings (SSSR count). The molecule has 0 spiro atoms. The van der Waals surface area contributed by atoms with Crippen molar-refractivity contribution in [3.8, 4) is 0 Å². The molecule has 3 aromatic rings. The van der Waals surface area contributed by atoms with Crippen LogP contribution in [-0.4, -0.2) is 40.6 Å². The highest BCUT2D eigenvalue weighted by molar-refractivity contribution is 6.30. The zero-order valence-corrected chi connectivity index (χ0v) is 16.9. The van der Waals surface area contributed by atoms with Crippen molar-refractivity contribution in [2.75, 3.05) is 25.0 Å². The van der Waals surface area contributed by atoms with E-state index in [1.165, 1.54) is 28.8 Å². The minimum atomic E-state index is -0.0205. The Morgan fingerprint density at radius 1 is 1.14 bits per heavy atom. The normalized spacial score (nSPS) is 18.9. The van der Waals surface area contributed by atoms with Crippen molar-refractivity contribution in [2.45, 2.75) is 32.2 Å². The van der Waals surface area contributed by atoms with Crippen molar-refractivity contribution in [3.05, 3.63) is 63.9 Å². The molecule has 28 heavy (non-hydrogen) atoms. The topological polar surface area (TPSA) is 40.9 Å². The third-order valence-corrected chi connectivity index (χ3v) is 6.42. The second-order valence-electron chi connectivity index (χ2n) is 7.83. The molecule has 1 unspecified atom stereocenters. The maximum atomic E-state index is 13.2. The number of benzene rings is 1. The standard InChI is InChI=1S/C22H23ClN4O/c1-14-17-7-8-21-19(4-3-10-25(21)2)18(17)9-11-26(14)22(28)20-12-16-6-5-15(23)13-27(16)24-20/h5-8,12-14H,3-4,9-11H2,1-2H3. The van der Waals surface area contributed by atoms with E-state index in [0.29, 0.717) is 10.7 Å². The molecule has 144 valence electrons. The number of hydrogen-bond donors (Lipinski definition) is 0. The van der Waals surface area contributed by atoms with E-state index in [0.717, 1.165) is 31.4 Å². The van der Waals surface area contributed by atoms with Gasteiger partial charge in [-0.15, -0.1) is 0 Å². The highest BCUT2D eigenvalue weighted by Crippen LogP contribution is 2.38. The molecular weight excluding hydrogens is 372 g/mol. The lowest BCUT2D eigenvalue weighted by Crippen LogP contribution is -2.40. The van der Waals surface area contributed by atoms with Crippen LogP contribution in [0.5, 0.6) is 0 Å². The minimum absolute atomic E-state index is 0.0205. The molecule has 0 fully saturated rings. The largest absolute Gasteiger partial charge is 0.374 e. The van der Waals surface area contributed by atoms with E-state index < -0.39 is 0 Å². The summed E-state index contributed by atoms with van der Waals surface area (Å²) in [4.78, 5) is 17.5. The Kier molecular flexibility index (Phi) is 4.09. The van der Waals surface area contributed by atoms with Crippen molar-refractivity contribution in [3.63, 3.8) is 0 Å². The zero-order valence-electron chi connectivity index (χ0n) is 16.2. The van der Waals surface area contributed by atoms with E-state index >= 15 is 0 Å². The number of nitrogens with zero attached hydrogens (tertiary/aromatic N) is 4. The van der Waals surface area contributed by atoms with E-state index in [9.17, 15) is 4.79 Å². The number of amides is 1. The molecule has 0 radical (unpaired) electrons. The molecule has 2 aromatic heterocycles. The summed E-state index contributed by atoms with van der Waals surface area (Å²) in [5, 5.41) is 5.06. The number of halogens is 1. The number of anilines is 1. The Hall–Kier alpha value is -2.53. The van der Waals surface area contributed by atoms with Crippen molar-refractivity contribution in [2.24, 2.45) is 0 Å². The summed E-state index contributed by atoms with van der Waals surface area (Å²) in [5.74, 6) is -0.0205. The molecule has 1 aromatic carbocycles. The molecule has 0 saturated heterocycles. The van der Waals surface area contributed by atoms with Crippen molar-refractivity contribution in [1.82, 2.24) is 14.5 Å². The van der Waals surface area contributed by atoms with Gasteiger partial charge in [0.1, 0.15) is 0 Å². The number of carbonyl (C=O) groups is 1. The number of hydrogen-bond acceptors (Lipinski definition) is 3. The summed E-state index contributed by atoms with van der Waals surface area (Å²) in [6, 6.07) is 10.0. The average molecular weight is 395 g/mol. The lowest BCUT2D eigenvalue weighted by Gasteiger charge is -2.38. The fraction of sp³-hybridized carbons (Fsp3) is 0.364. The summed E-state index contributed by atoms with van der Waals surface area (Å²) in [5.41, 5.74) is 6.90. The average Bonchev–Trinajstić information content (AvgIpc) is 3.11. The minimum Gasteiger partial charge on any atom is -0.374 e. The number of aromatic nitrogens is 2. The lowest BCUT2D eigenvalue weighted by molar-refractivity contribution is 0.0671. The third-order valence-electron chi connectivity index (χ3n) is 6.20. The van der Waals surface area contributed by atoms with Crippen LogP contribution < -0.4 is 4.90 Å². The molecule has 0 N–H and O–H groups in total. The maximum absolute atomic E-state index is 13.2. The van der Waals surface area contributed by atoms with Crippen molar-refractivity contribution >= 4 is 28.7 Å². The summed E-state index contributed by atoms with van der Waals surface area (Å²) in [7, 11) is 2.17. The second kappa shape index (κ2) is 6.52. The molecule has 2 aliphatic heterocycles. The van der Waals surface area contributed by atoms with E-state index in [1.54, 1.807) is 10.7 Å². The van der Waals surface area contributed by atoms with Crippen LogP contribution in [0.15, 0.2) is 36.5 Å². The Morgan fingerprint density at radius 2 is 2.00 bits per heavy atom.